The molecule has 4 unspecified atom stereocenters. The first kappa shape index (κ1) is 9.88. The van der Waals surface area contributed by atoms with Gasteiger partial charge in [-0.3, -0.25) is 0 Å². The van der Waals surface area contributed by atoms with Crippen molar-refractivity contribution in [2.24, 2.45) is 11.5 Å². The summed E-state index contributed by atoms with van der Waals surface area (Å²) in [5.74, 6) is 0. The summed E-state index contributed by atoms with van der Waals surface area (Å²) in [6.45, 7) is 1.94. The Bertz CT molecular complexity index is 151. The molecule has 1 saturated heterocycles. The molecule has 12 heavy (non-hydrogen) atoms. The van der Waals surface area contributed by atoms with E-state index in [9.17, 15) is 10.2 Å². The Hall–Kier alpha value is -0.200. The molecular weight excluding hydrogens is 160 g/mol. The van der Waals surface area contributed by atoms with Crippen LogP contribution in [0.1, 0.15) is 6.92 Å². The number of ether oxygens (including phenoxy) is 1. The van der Waals surface area contributed by atoms with Gasteiger partial charge in [0.2, 0.25) is 0 Å². The molecule has 0 aromatic heterocycles. The van der Waals surface area contributed by atoms with Gasteiger partial charge in [0.25, 0.3) is 0 Å². The number of rotatable bonds is 1. The van der Waals surface area contributed by atoms with Gasteiger partial charge in [0, 0.05) is 6.54 Å². The van der Waals surface area contributed by atoms with Crippen molar-refractivity contribution < 1.29 is 14.9 Å². The first-order chi connectivity index (χ1) is 5.57. The van der Waals surface area contributed by atoms with E-state index in [1.807, 2.05) is 0 Å². The van der Waals surface area contributed by atoms with Gasteiger partial charge in [-0.25, -0.2) is 0 Å². The Morgan fingerprint density at radius 2 is 1.92 bits per heavy atom. The van der Waals surface area contributed by atoms with E-state index < -0.39 is 24.4 Å². The van der Waals surface area contributed by atoms with E-state index >= 15 is 0 Å². The first-order valence-electron chi connectivity index (χ1n) is 4.05. The van der Waals surface area contributed by atoms with E-state index in [-0.39, 0.29) is 12.6 Å². The summed E-state index contributed by atoms with van der Waals surface area (Å²) in [4.78, 5) is 0. The fourth-order valence-corrected chi connectivity index (χ4v) is 1.37. The number of aliphatic hydroxyl groups excluding tert-OH is 2. The van der Waals surface area contributed by atoms with Crippen LogP contribution in [0.3, 0.4) is 0 Å². The van der Waals surface area contributed by atoms with Crippen molar-refractivity contribution in [2.45, 2.75) is 37.4 Å². The molecule has 1 heterocycles. The fourth-order valence-electron chi connectivity index (χ4n) is 1.37. The van der Waals surface area contributed by atoms with Gasteiger partial charge in [-0.1, -0.05) is 0 Å². The average Bonchev–Trinajstić information content (AvgIpc) is 2.08. The molecule has 5 nitrogen and oxygen atoms in total. The highest BCUT2D eigenvalue weighted by Crippen LogP contribution is 2.18. The van der Waals surface area contributed by atoms with Crippen molar-refractivity contribution in [1.82, 2.24) is 0 Å². The molecule has 0 aromatic carbocycles. The van der Waals surface area contributed by atoms with Crippen LogP contribution in [0.4, 0.5) is 0 Å². The van der Waals surface area contributed by atoms with Crippen LogP contribution >= 0.6 is 0 Å². The minimum Gasteiger partial charge on any atom is -0.389 e. The summed E-state index contributed by atoms with van der Waals surface area (Å²) < 4.78 is 5.27. The van der Waals surface area contributed by atoms with E-state index in [0.717, 1.165) is 0 Å². The molecule has 0 spiro atoms. The molecular formula is C7H16N2O3. The average molecular weight is 176 g/mol. The lowest BCUT2D eigenvalue weighted by Gasteiger charge is -2.39. The van der Waals surface area contributed by atoms with Crippen LogP contribution in [-0.2, 0) is 4.74 Å². The quantitative estimate of drug-likeness (QED) is 0.362. The Morgan fingerprint density at radius 3 is 2.42 bits per heavy atom. The third kappa shape index (κ3) is 1.60. The highest BCUT2D eigenvalue weighted by Gasteiger charge is 2.39. The summed E-state index contributed by atoms with van der Waals surface area (Å²) >= 11 is 0. The summed E-state index contributed by atoms with van der Waals surface area (Å²) in [7, 11) is 0. The fraction of sp³-hybridized carbons (Fsp3) is 1.00. The minimum absolute atomic E-state index is 0.190. The van der Waals surface area contributed by atoms with Crippen molar-refractivity contribution in [3.63, 3.8) is 0 Å². The van der Waals surface area contributed by atoms with Crippen molar-refractivity contribution in [1.29, 1.82) is 0 Å². The summed E-state index contributed by atoms with van der Waals surface area (Å²) in [5.41, 5.74) is 10.9. The van der Waals surface area contributed by atoms with Gasteiger partial charge in [0.05, 0.1) is 18.2 Å². The SMILES string of the molecule is CC1O[C@H](CN)C(O)C(O)C1N. The second-order valence-corrected chi connectivity index (χ2v) is 3.17. The van der Waals surface area contributed by atoms with Crippen molar-refractivity contribution in [3.8, 4) is 0 Å². The zero-order chi connectivity index (χ0) is 9.30. The van der Waals surface area contributed by atoms with Crippen molar-refractivity contribution in [3.05, 3.63) is 0 Å². The molecule has 1 aliphatic rings. The lowest BCUT2D eigenvalue weighted by Crippen LogP contribution is -2.61. The lowest BCUT2D eigenvalue weighted by molar-refractivity contribution is -0.169. The topological polar surface area (TPSA) is 102 Å². The van der Waals surface area contributed by atoms with Crippen LogP contribution in [0.2, 0.25) is 0 Å². The molecule has 0 aromatic rings. The second-order valence-electron chi connectivity index (χ2n) is 3.17. The Kier molecular flexibility index (Phi) is 3.03. The van der Waals surface area contributed by atoms with E-state index in [2.05, 4.69) is 0 Å². The highest BCUT2D eigenvalue weighted by atomic mass is 16.5. The first-order valence-corrected chi connectivity index (χ1v) is 4.05. The molecule has 1 fully saturated rings. The van der Waals surface area contributed by atoms with Crippen LogP contribution in [-0.4, -0.2) is 47.2 Å². The summed E-state index contributed by atoms with van der Waals surface area (Å²) in [6, 6.07) is -0.539. The van der Waals surface area contributed by atoms with Gasteiger partial charge in [0.1, 0.15) is 12.2 Å². The van der Waals surface area contributed by atoms with Gasteiger partial charge >= 0.3 is 0 Å². The Labute approximate surface area is 71.3 Å². The second kappa shape index (κ2) is 3.68. The maximum Gasteiger partial charge on any atom is 0.109 e. The molecule has 5 heteroatoms. The van der Waals surface area contributed by atoms with Crippen LogP contribution in [0.15, 0.2) is 0 Å². The van der Waals surface area contributed by atoms with Crippen molar-refractivity contribution >= 4 is 0 Å². The molecule has 1 rings (SSSR count). The Balaban J connectivity index is 2.63. The third-order valence-corrected chi connectivity index (χ3v) is 2.29. The molecule has 0 saturated carbocycles. The number of aliphatic hydroxyl groups is 2. The van der Waals surface area contributed by atoms with E-state index in [0.29, 0.717) is 0 Å². The molecule has 6 N–H and O–H groups in total. The van der Waals surface area contributed by atoms with Crippen molar-refractivity contribution in [2.75, 3.05) is 6.54 Å². The van der Waals surface area contributed by atoms with Gasteiger partial charge in [-0.05, 0) is 6.92 Å². The molecule has 0 aliphatic carbocycles. The molecule has 0 bridgehead atoms. The standard InChI is InChI=1S/C7H16N2O3/c1-3-5(9)7(11)6(10)4(2-8)12-3/h3-7,10-11H,2,8-9H2,1H3/t3?,4-,5?,6?,7?/m1/s1. The van der Waals surface area contributed by atoms with Gasteiger partial charge in [-0.15, -0.1) is 0 Å². The highest BCUT2D eigenvalue weighted by molar-refractivity contribution is 4.93. The molecule has 5 atom stereocenters. The predicted molar refractivity (Wildman–Crippen MR) is 43.4 cm³/mol. The van der Waals surface area contributed by atoms with Crippen LogP contribution < -0.4 is 11.5 Å². The predicted octanol–water partition coefficient (Wildman–Crippen LogP) is -2.22. The van der Waals surface area contributed by atoms with Gasteiger partial charge in [-0.2, -0.15) is 0 Å². The normalized spacial score (nSPS) is 49.2. The number of nitrogens with two attached hydrogens (primary N) is 2. The lowest BCUT2D eigenvalue weighted by atomic mass is 9.94. The van der Waals surface area contributed by atoms with Gasteiger partial charge in [0.15, 0.2) is 0 Å². The van der Waals surface area contributed by atoms with Crippen LogP contribution in [0, 0.1) is 0 Å². The van der Waals surface area contributed by atoms with E-state index in [4.69, 9.17) is 16.2 Å². The Morgan fingerprint density at radius 1 is 1.33 bits per heavy atom. The molecule has 0 amide bonds. The van der Waals surface area contributed by atoms with Crippen LogP contribution in [0.5, 0.6) is 0 Å². The molecule has 0 radical (unpaired) electrons. The van der Waals surface area contributed by atoms with E-state index in [1.165, 1.54) is 0 Å². The summed E-state index contributed by atoms with van der Waals surface area (Å²) in [5, 5.41) is 18.8. The van der Waals surface area contributed by atoms with E-state index in [1.54, 1.807) is 6.92 Å². The maximum absolute atomic E-state index is 9.41. The molecule has 1 aliphatic heterocycles. The van der Waals surface area contributed by atoms with Gasteiger partial charge < -0.3 is 26.4 Å². The largest absolute Gasteiger partial charge is 0.389 e. The monoisotopic (exact) mass is 176 g/mol. The number of hydrogen-bond acceptors (Lipinski definition) is 5. The summed E-state index contributed by atoms with van der Waals surface area (Å²) in [6.07, 6.45) is -2.68. The smallest absolute Gasteiger partial charge is 0.109 e. The zero-order valence-corrected chi connectivity index (χ0v) is 7.05. The molecule has 72 valence electrons. The number of hydrogen-bond donors (Lipinski definition) is 4. The minimum atomic E-state index is -0.971. The van der Waals surface area contributed by atoms with Crippen LogP contribution in [0.25, 0.3) is 0 Å². The zero-order valence-electron chi connectivity index (χ0n) is 7.05. The third-order valence-electron chi connectivity index (χ3n) is 2.29. The maximum atomic E-state index is 9.41.